The summed E-state index contributed by atoms with van der Waals surface area (Å²) in [5, 5.41) is 11.7. The molecule has 0 bridgehead atoms. The maximum Gasteiger partial charge on any atom is 0.358 e. The summed E-state index contributed by atoms with van der Waals surface area (Å²) in [6, 6.07) is 3.08. The molecule has 0 aliphatic carbocycles. The Morgan fingerprint density at radius 1 is 1.47 bits per heavy atom. The van der Waals surface area contributed by atoms with E-state index in [1.165, 1.54) is 12.3 Å². The van der Waals surface area contributed by atoms with Crippen molar-refractivity contribution in [2.45, 2.75) is 39.3 Å². The number of nitrogens with one attached hydrogen (secondary N) is 1. The van der Waals surface area contributed by atoms with E-state index in [1.807, 2.05) is 13.8 Å². The molecule has 6 nitrogen and oxygen atoms in total. The van der Waals surface area contributed by atoms with Gasteiger partial charge in [-0.1, -0.05) is 6.92 Å². The first kappa shape index (κ1) is 14.9. The average Bonchev–Trinajstić information content (AvgIpc) is 2.38. The number of hydrogen-bond donors (Lipinski definition) is 2. The molecule has 1 aromatic heterocycles. The first-order chi connectivity index (χ1) is 8.95. The summed E-state index contributed by atoms with van der Waals surface area (Å²) in [6.07, 6.45) is 1.39. The number of carboxylic acid groups (broad SMARTS) is 1. The molecule has 0 aliphatic rings. The van der Waals surface area contributed by atoms with Crippen molar-refractivity contribution in [2.75, 3.05) is 0 Å². The minimum Gasteiger partial charge on any atom is -0.478 e. The van der Waals surface area contributed by atoms with E-state index in [0.717, 1.165) is 6.42 Å². The van der Waals surface area contributed by atoms with E-state index in [2.05, 4.69) is 10.3 Å². The molecule has 1 amide bonds. The fourth-order valence-corrected chi connectivity index (χ4v) is 1.35. The van der Waals surface area contributed by atoms with Gasteiger partial charge in [-0.15, -0.1) is 0 Å². The summed E-state index contributed by atoms with van der Waals surface area (Å²) in [5.41, 5.74) is -0.203. The average molecular weight is 266 g/mol. The molecular formula is C13H18N2O4. The maximum atomic E-state index is 11.8. The Morgan fingerprint density at radius 3 is 2.74 bits per heavy atom. The van der Waals surface area contributed by atoms with Gasteiger partial charge in [0, 0.05) is 12.2 Å². The van der Waals surface area contributed by atoms with E-state index < -0.39 is 12.1 Å². The Balaban J connectivity index is 2.74. The SMILES string of the molecule is CCC(C)NC(=O)C(C)Oc1cccnc1C(=O)O. The first-order valence-electron chi connectivity index (χ1n) is 6.11. The number of carbonyl (C=O) groups is 2. The summed E-state index contributed by atoms with van der Waals surface area (Å²) in [6.45, 7) is 5.41. The van der Waals surface area contributed by atoms with Crippen LogP contribution in [0.1, 0.15) is 37.7 Å². The van der Waals surface area contributed by atoms with Crippen LogP contribution in [0.15, 0.2) is 18.3 Å². The predicted molar refractivity (Wildman–Crippen MR) is 69.2 cm³/mol. The van der Waals surface area contributed by atoms with Gasteiger partial charge >= 0.3 is 5.97 Å². The molecule has 2 atom stereocenters. The van der Waals surface area contributed by atoms with Gasteiger partial charge in [-0.2, -0.15) is 0 Å². The van der Waals surface area contributed by atoms with Gasteiger partial charge in [0.1, 0.15) is 0 Å². The Morgan fingerprint density at radius 2 is 2.16 bits per heavy atom. The van der Waals surface area contributed by atoms with Crippen molar-refractivity contribution in [2.24, 2.45) is 0 Å². The minimum absolute atomic E-state index is 0.0476. The van der Waals surface area contributed by atoms with Gasteiger partial charge in [0.15, 0.2) is 17.5 Å². The van der Waals surface area contributed by atoms with Crippen LogP contribution in [-0.2, 0) is 4.79 Å². The number of aromatic carboxylic acids is 1. The lowest BCUT2D eigenvalue weighted by Gasteiger charge is -2.18. The third-order valence-corrected chi connectivity index (χ3v) is 2.65. The molecule has 19 heavy (non-hydrogen) atoms. The summed E-state index contributed by atoms with van der Waals surface area (Å²) in [7, 11) is 0. The van der Waals surface area contributed by atoms with Crippen LogP contribution in [0.5, 0.6) is 5.75 Å². The van der Waals surface area contributed by atoms with Crippen molar-refractivity contribution >= 4 is 11.9 Å². The molecule has 0 aliphatic heterocycles. The minimum atomic E-state index is -1.19. The van der Waals surface area contributed by atoms with Gasteiger partial charge < -0.3 is 15.2 Å². The van der Waals surface area contributed by atoms with Crippen molar-refractivity contribution in [1.29, 1.82) is 0 Å². The molecule has 2 N–H and O–H groups in total. The standard InChI is InChI=1S/C13H18N2O4/c1-4-8(2)15-12(16)9(3)19-10-6-5-7-14-11(10)13(17)18/h5-9H,4H2,1-3H3,(H,15,16)(H,17,18). The number of nitrogens with zero attached hydrogens (tertiary/aromatic N) is 1. The maximum absolute atomic E-state index is 11.8. The summed E-state index contributed by atoms with van der Waals surface area (Å²) >= 11 is 0. The van der Waals surface area contributed by atoms with Crippen LogP contribution in [0.25, 0.3) is 0 Å². The highest BCUT2D eigenvalue weighted by Crippen LogP contribution is 2.16. The number of ether oxygens (including phenoxy) is 1. The first-order valence-corrected chi connectivity index (χ1v) is 6.11. The lowest BCUT2D eigenvalue weighted by atomic mass is 10.2. The Bertz CT molecular complexity index is 462. The largest absolute Gasteiger partial charge is 0.478 e. The van der Waals surface area contributed by atoms with Crippen molar-refractivity contribution < 1.29 is 19.4 Å². The summed E-state index contributed by atoms with van der Waals surface area (Å²) < 4.78 is 5.36. The smallest absolute Gasteiger partial charge is 0.358 e. The van der Waals surface area contributed by atoms with Gasteiger partial charge in [-0.05, 0) is 32.4 Å². The van der Waals surface area contributed by atoms with Crippen molar-refractivity contribution in [3.8, 4) is 5.75 Å². The highest BCUT2D eigenvalue weighted by atomic mass is 16.5. The number of hydrogen-bond acceptors (Lipinski definition) is 4. The number of amides is 1. The van der Waals surface area contributed by atoms with E-state index >= 15 is 0 Å². The second-order valence-corrected chi connectivity index (χ2v) is 4.23. The van der Waals surface area contributed by atoms with Gasteiger partial charge in [0.25, 0.3) is 5.91 Å². The number of carbonyl (C=O) groups excluding carboxylic acids is 1. The van der Waals surface area contributed by atoms with Gasteiger partial charge in [0.2, 0.25) is 0 Å². The fraction of sp³-hybridized carbons (Fsp3) is 0.462. The molecule has 6 heteroatoms. The van der Waals surface area contributed by atoms with Gasteiger partial charge in [-0.25, -0.2) is 9.78 Å². The Labute approximate surface area is 111 Å². The van der Waals surface area contributed by atoms with Gasteiger partial charge in [-0.3, -0.25) is 4.79 Å². The molecule has 104 valence electrons. The topological polar surface area (TPSA) is 88.5 Å². The van der Waals surface area contributed by atoms with Crippen LogP contribution in [0, 0.1) is 0 Å². The zero-order valence-corrected chi connectivity index (χ0v) is 11.2. The summed E-state index contributed by atoms with van der Waals surface area (Å²) in [4.78, 5) is 26.5. The molecule has 0 radical (unpaired) electrons. The van der Waals surface area contributed by atoms with Crippen LogP contribution < -0.4 is 10.1 Å². The third-order valence-electron chi connectivity index (χ3n) is 2.65. The molecule has 0 fully saturated rings. The number of aromatic nitrogens is 1. The van der Waals surface area contributed by atoms with Crippen LogP contribution in [-0.4, -0.2) is 34.1 Å². The van der Waals surface area contributed by atoms with Crippen molar-refractivity contribution in [3.05, 3.63) is 24.0 Å². The highest BCUT2D eigenvalue weighted by molar-refractivity contribution is 5.88. The number of rotatable bonds is 6. The molecule has 0 saturated carbocycles. The van der Waals surface area contributed by atoms with E-state index in [9.17, 15) is 9.59 Å². The Kier molecular flexibility index (Phi) is 5.29. The second kappa shape index (κ2) is 6.72. The molecule has 0 aromatic carbocycles. The lowest BCUT2D eigenvalue weighted by molar-refractivity contribution is -0.127. The van der Waals surface area contributed by atoms with Crippen molar-refractivity contribution in [3.63, 3.8) is 0 Å². The fourth-order valence-electron chi connectivity index (χ4n) is 1.35. The summed E-state index contributed by atoms with van der Waals surface area (Å²) in [5.74, 6) is -1.39. The monoisotopic (exact) mass is 266 g/mol. The van der Waals surface area contributed by atoms with Crippen LogP contribution in [0.4, 0.5) is 0 Å². The quantitative estimate of drug-likeness (QED) is 0.813. The lowest BCUT2D eigenvalue weighted by Crippen LogP contribution is -2.41. The molecule has 0 spiro atoms. The molecule has 1 aromatic rings. The molecule has 0 saturated heterocycles. The zero-order chi connectivity index (χ0) is 14.4. The van der Waals surface area contributed by atoms with E-state index in [1.54, 1.807) is 13.0 Å². The van der Waals surface area contributed by atoms with Crippen LogP contribution in [0.3, 0.4) is 0 Å². The normalized spacial score (nSPS) is 13.4. The van der Waals surface area contributed by atoms with Crippen molar-refractivity contribution in [1.82, 2.24) is 10.3 Å². The Hall–Kier alpha value is -2.11. The molecule has 2 unspecified atom stereocenters. The van der Waals surface area contributed by atoms with E-state index in [4.69, 9.17) is 9.84 Å². The molecular weight excluding hydrogens is 248 g/mol. The predicted octanol–water partition coefficient (Wildman–Crippen LogP) is 1.46. The second-order valence-electron chi connectivity index (χ2n) is 4.23. The molecule has 1 heterocycles. The van der Waals surface area contributed by atoms with Crippen LogP contribution in [0.2, 0.25) is 0 Å². The number of pyridine rings is 1. The number of carboxylic acids is 1. The van der Waals surface area contributed by atoms with E-state index in [-0.39, 0.29) is 23.4 Å². The van der Waals surface area contributed by atoms with Crippen LogP contribution >= 0.6 is 0 Å². The van der Waals surface area contributed by atoms with E-state index in [0.29, 0.717) is 0 Å². The van der Waals surface area contributed by atoms with Gasteiger partial charge in [0.05, 0.1) is 0 Å². The molecule has 1 rings (SSSR count). The zero-order valence-electron chi connectivity index (χ0n) is 11.2. The highest BCUT2D eigenvalue weighted by Gasteiger charge is 2.20. The third kappa shape index (κ3) is 4.24.